The van der Waals surface area contributed by atoms with Crippen LogP contribution in [0.3, 0.4) is 0 Å². The fourth-order valence-corrected chi connectivity index (χ4v) is 4.06. The number of hydrogen-bond donors (Lipinski definition) is 0. The van der Waals surface area contributed by atoms with Crippen molar-refractivity contribution in [3.8, 4) is 0 Å². The van der Waals surface area contributed by atoms with E-state index in [1.54, 1.807) is 11.9 Å². The van der Waals surface area contributed by atoms with Crippen molar-refractivity contribution in [2.75, 3.05) is 46.3 Å². The summed E-state index contributed by atoms with van der Waals surface area (Å²) in [5, 5.41) is 0.665. The highest BCUT2D eigenvalue weighted by molar-refractivity contribution is 7.80. The summed E-state index contributed by atoms with van der Waals surface area (Å²) >= 11 is 5.34. The fraction of sp³-hybridized carbons (Fsp3) is 0.842. The minimum absolute atomic E-state index is 0.103. The molecule has 1 unspecified atom stereocenters. The molecule has 1 atom stereocenters. The topological polar surface area (TPSA) is 47.1 Å². The SMILES string of the molecule is CCCC(=O)N1CCN(CCCCCCN2C(=S)N(C)C(=O)C2C)CC1. The summed E-state index contributed by atoms with van der Waals surface area (Å²) in [5.41, 5.74) is 0. The Labute approximate surface area is 163 Å². The van der Waals surface area contributed by atoms with E-state index in [9.17, 15) is 9.59 Å². The molecular formula is C19H34N4O2S. The van der Waals surface area contributed by atoms with Crippen LogP contribution in [0.2, 0.25) is 0 Å². The predicted molar refractivity (Wildman–Crippen MR) is 108 cm³/mol. The summed E-state index contributed by atoms with van der Waals surface area (Å²) in [7, 11) is 1.76. The monoisotopic (exact) mass is 382 g/mol. The molecule has 26 heavy (non-hydrogen) atoms. The summed E-state index contributed by atoms with van der Waals surface area (Å²) in [6.07, 6.45) is 6.25. The number of hydrogen-bond acceptors (Lipinski definition) is 4. The molecule has 0 bridgehead atoms. The van der Waals surface area contributed by atoms with Gasteiger partial charge in [0.1, 0.15) is 6.04 Å². The molecule has 0 aromatic carbocycles. The van der Waals surface area contributed by atoms with Crippen molar-refractivity contribution in [1.82, 2.24) is 19.6 Å². The molecule has 0 saturated carbocycles. The summed E-state index contributed by atoms with van der Waals surface area (Å²) < 4.78 is 0. The highest BCUT2D eigenvalue weighted by atomic mass is 32.1. The maximum atomic E-state index is 11.9. The molecule has 7 heteroatoms. The number of rotatable bonds is 9. The van der Waals surface area contributed by atoms with Gasteiger partial charge in [-0.05, 0) is 44.9 Å². The van der Waals surface area contributed by atoms with Gasteiger partial charge < -0.3 is 9.80 Å². The Balaban J connectivity index is 1.53. The van der Waals surface area contributed by atoms with Gasteiger partial charge in [-0.25, -0.2) is 0 Å². The van der Waals surface area contributed by atoms with Crippen LogP contribution in [-0.2, 0) is 9.59 Å². The number of unbranched alkanes of at least 4 members (excludes halogenated alkanes) is 3. The standard InChI is InChI=1S/C19H34N4O2S/c1-4-9-17(24)22-14-12-21(13-15-22)10-7-5-6-8-11-23-16(2)18(25)20(3)19(23)26/h16H,4-15H2,1-3H3. The van der Waals surface area contributed by atoms with Crippen molar-refractivity contribution < 1.29 is 9.59 Å². The van der Waals surface area contributed by atoms with Gasteiger partial charge in [0.25, 0.3) is 5.91 Å². The summed E-state index contributed by atoms with van der Waals surface area (Å²) in [4.78, 5) is 31.9. The molecule has 2 heterocycles. The summed E-state index contributed by atoms with van der Waals surface area (Å²) in [6.45, 7) is 9.75. The van der Waals surface area contributed by atoms with E-state index < -0.39 is 0 Å². The van der Waals surface area contributed by atoms with Gasteiger partial charge in [0.2, 0.25) is 5.91 Å². The smallest absolute Gasteiger partial charge is 0.250 e. The zero-order chi connectivity index (χ0) is 19.1. The lowest BCUT2D eigenvalue weighted by Crippen LogP contribution is -2.48. The Morgan fingerprint density at radius 1 is 1.08 bits per heavy atom. The van der Waals surface area contributed by atoms with Gasteiger partial charge in [-0.15, -0.1) is 0 Å². The highest BCUT2D eigenvalue weighted by Crippen LogP contribution is 2.17. The zero-order valence-electron chi connectivity index (χ0n) is 16.6. The van der Waals surface area contributed by atoms with Gasteiger partial charge in [-0.1, -0.05) is 19.8 Å². The van der Waals surface area contributed by atoms with E-state index in [1.807, 2.05) is 16.7 Å². The average Bonchev–Trinajstić information content (AvgIpc) is 2.82. The second-order valence-electron chi connectivity index (χ2n) is 7.44. The lowest BCUT2D eigenvalue weighted by atomic mass is 10.1. The van der Waals surface area contributed by atoms with E-state index in [0.29, 0.717) is 17.4 Å². The first-order valence-corrected chi connectivity index (χ1v) is 10.4. The van der Waals surface area contributed by atoms with Crippen LogP contribution in [0.15, 0.2) is 0 Å². The summed E-state index contributed by atoms with van der Waals surface area (Å²) in [6, 6.07) is -0.112. The Bertz CT molecular complexity index is 506. The van der Waals surface area contributed by atoms with E-state index in [4.69, 9.17) is 12.2 Å². The van der Waals surface area contributed by atoms with Gasteiger partial charge in [0, 0.05) is 46.2 Å². The maximum absolute atomic E-state index is 11.9. The van der Waals surface area contributed by atoms with Crippen molar-refractivity contribution in [3.63, 3.8) is 0 Å². The molecule has 2 fully saturated rings. The molecular weight excluding hydrogens is 348 g/mol. The molecule has 2 aliphatic rings. The fourth-order valence-electron chi connectivity index (χ4n) is 3.72. The molecule has 2 aliphatic heterocycles. The van der Waals surface area contributed by atoms with Crippen LogP contribution in [0.25, 0.3) is 0 Å². The van der Waals surface area contributed by atoms with Gasteiger partial charge in [0.15, 0.2) is 5.11 Å². The van der Waals surface area contributed by atoms with E-state index in [0.717, 1.165) is 52.1 Å². The third kappa shape index (κ3) is 5.39. The number of likely N-dealkylation sites (N-methyl/N-ethyl adjacent to an activating group) is 1. The molecule has 0 radical (unpaired) electrons. The number of carbonyl (C=O) groups excluding carboxylic acids is 2. The third-order valence-electron chi connectivity index (χ3n) is 5.50. The van der Waals surface area contributed by atoms with E-state index in [-0.39, 0.29) is 11.9 Å². The van der Waals surface area contributed by atoms with Crippen LogP contribution in [0, 0.1) is 0 Å². The number of nitrogens with zero attached hydrogens (tertiary/aromatic N) is 4. The Morgan fingerprint density at radius 3 is 2.23 bits per heavy atom. The highest BCUT2D eigenvalue weighted by Gasteiger charge is 2.36. The number of piperazine rings is 1. The Kier molecular flexibility index (Phi) is 8.28. The molecule has 2 rings (SSSR count). The normalized spacial score (nSPS) is 21.8. The number of thiocarbonyl (C=S) groups is 1. The van der Waals surface area contributed by atoms with E-state index in [1.165, 1.54) is 19.3 Å². The van der Waals surface area contributed by atoms with Crippen LogP contribution in [-0.4, -0.2) is 88.9 Å². The molecule has 6 nitrogen and oxygen atoms in total. The zero-order valence-corrected chi connectivity index (χ0v) is 17.4. The maximum Gasteiger partial charge on any atom is 0.250 e. The van der Waals surface area contributed by atoms with Gasteiger partial charge in [-0.3, -0.25) is 19.4 Å². The van der Waals surface area contributed by atoms with Gasteiger partial charge in [0.05, 0.1) is 0 Å². The second kappa shape index (κ2) is 10.2. The van der Waals surface area contributed by atoms with Gasteiger partial charge >= 0.3 is 0 Å². The van der Waals surface area contributed by atoms with Crippen molar-refractivity contribution in [1.29, 1.82) is 0 Å². The Morgan fingerprint density at radius 2 is 1.69 bits per heavy atom. The average molecular weight is 383 g/mol. The lowest BCUT2D eigenvalue weighted by Gasteiger charge is -2.34. The largest absolute Gasteiger partial charge is 0.340 e. The van der Waals surface area contributed by atoms with Crippen LogP contribution >= 0.6 is 12.2 Å². The Hall–Kier alpha value is -1.21. The minimum atomic E-state index is -0.112. The first-order valence-electron chi connectivity index (χ1n) is 10.0. The quantitative estimate of drug-likeness (QED) is 0.450. The first-order chi connectivity index (χ1) is 12.5. The molecule has 0 spiro atoms. The van der Waals surface area contributed by atoms with Crippen LogP contribution in [0.5, 0.6) is 0 Å². The van der Waals surface area contributed by atoms with E-state index in [2.05, 4.69) is 11.8 Å². The van der Waals surface area contributed by atoms with Crippen molar-refractivity contribution in [2.24, 2.45) is 0 Å². The predicted octanol–water partition coefficient (Wildman–Crippen LogP) is 1.94. The first kappa shape index (κ1) is 21.1. The van der Waals surface area contributed by atoms with Crippen LogP contribution < -0.4 is 0 Å². The van der Waals surface area contributed by atoms with Gasteiger partial charge in [-0.2, -0.15) is 0 Å². The molecule has 0 aromatic heterocycles. The van der Waals surface area contributed by atoms with E-state index >= 15 is 0 Å². The third-order valence-corrected chi connectivity index (χ3v) is 6.01. The molecule has 2 amide bonds. The van der Waals surface area contributed by atoms with Crippen molar-refractivity contribution in [2.45, 2.75) is 58.4 Å². The molecule has 148 valence electrons. The molecule has 0 N–H and O–H groups in total. The van der Waals surface area contributed by atoms with Crippen LogP contribution in [0.4, 0.5) is 0 Å². The van der Waals surface area contributed by atoms with Crippen molar-refractivity contribution in [3.05, 3.63) is 0 Å². The second-order valence-corrected chi connectivity index (χ2v) is 7.80. The molecule has 2 saturated heterocycles. The molecule has 0 aromatic rings. The number of amides is 2. The summed E-state index contributed by atoms with van der Waals surface area (Å²) in [5.74, 6) is 0.414. The molecule has 0 aliphatic carbocycles. The number of carbonyl (C=O) groups is 2. The minimum Gasteiger partial charge on any atom is -0.340 e. The van der Waals surface area contributed by atoms with Crippen molar-refractivity contribution >= 4 is 29.1 Å². The van der Waals surface area contributed by atoms with Crippen LogP contribution in [0.1, 0.15) is 52.4 Å². The lowest BCUT2D eigenvalue weighted by molar-refractivity contribution is -0.133.